The topological polar surface area (TPSA) is 40.6 Å². The molecule has 7 heteroatoms. The van der Waals surface area contributed by atoms with Gasteiger partial charge in [0.2, 0.25) is 0 Å². The summed E-state index contributed by atoms with van der Waals surface area (Å²) in [7, 11) is 0. The van der Waals surface area contributed by atoms with E-state index in [1.54, 1.807) is 29.2 Å². The zero-order valence-electron chi connectivity index (χ0n) is 15.2. The van der Waals surface area contributed by atoms with Crippen LogP contribution in [0.4, 0.5) is 10.5 Å². The summed E-state index contributed by atoms with van der Waals surface area (Å²) in [6.07, 6.45) is 2.52. The van der Waals surface area contributed by atoms with Crippen molar-refractivity contribution < 1.29 is 9.59 Å². The van der Waals surface area contributed by atoms with Gasteiger partial charge in [0.1, 0.15) is 6.04 Å². The Hall–Kier alpha value is -1.82. The monoisotopic (exact) mass is 480 g/mol. The third kappa shape index (κ3) is 3.97. The zero-order chi connectivity index (χ0) is 20.4. The lowest BCUT2D eigenvalue weighted by molar-refractivity contribution is -0.119. The predicted molar refractivity (Wildman–Crippen MR) is 117 cm³/mol. The Labute approximate surface area is 182 Å². The van der Waals surface area contributed by atoms with E-state index in [-0.39, 0.29) is 17.9 Å². The van der Waals surface area contributed by atoms with E-state index in [2.05, 4.69) is 22.5 Å². The van der Waals surface area contributed by atoms with E-state index in [4.69, 9.17) is 23.2 Å². The number of allylic oxidation sites excluding steroid dienone is 1. The fraction of sp³-hybridized carbons (Fsp3) is 0.238. The molecule has 0 saturated carbocycles. The number of hydrogen-bond acceptors (Lipinski definition) is 2. The third-order valence-corrected chi connectivity index (χ3v) is 5.68. The maximum absolute atomic E-state index is 13.0. The SMILES string of the molecule is C=CC.O=C1C2C(c3ccc(Br)cc3)CCN2C(=O)N1c1cc(Cl)cc(Cl)c1. The Morgan fingerprint density at radius 3 is 2.25 bits per heavy atom. The number of benzene rings is 2. The number of carbonyl (C=O) groups is 2. The number of urea groups is 1. The van der Waals surface area contributed by atoms with Crippen LogP contribution in [-0.4, -0.2) is 29.4 Å². The first-order chi connectivity index (χ1) is 13.4. The average Bonchev–Trinajstić information content (AvgIpc) is 3.16. The molecule has 2 aromatic carbocycles. The van der Waals surface area contributed by atoms with E-state index in [0.29, 0.717) is 22.3 Å². The van der Waals surface area contributed by atoms with Gasteiger partial charge in [0.05, 0.1) is 5.69 Å². The Kier molecular flexibility index (Phi) is 6.48. The second kappa shape index (κ2) is 8.68. The fourth-order valence-corrected chi connectivity index (χ4v) is 4.41. The third-order valence-electron chi connectivity index (χ3n) is 4.71. The minimum Gasteiger partial charge on any atom is -0.311 e. The minimum absolute atomic E-state index is 0.00999. The first-order valence-electron chi connectivity index (χ1n) is 8.80. The molecular weight excluding hydrogens is 463 g/mol. The molecule has 0 spiro atoms. The van der Waals surface area contributed by atoms with Crippen molar-refractivity contribution in [3.63, 3.8) is 0 Å². The fourth-order valence-electron chi connectivity index (χ4n) is 3.63. The first kappa shape index (κ1) is 20.9. The molecule has 0 radical (unpaired) electrons. The summed E-state index contributed by atoms with van der Waals surface area (Å²) in [6.45, 7) is 5.81. The van der Waals surface area contributed by atoms with Gasteiger partial charge in [-0.15, -0.1) is 6.58 Å². The Bertz CT molecular complexity index is 897. The molecule has 2 atom stereocenters. The van der Waals surface area contributed by atoms with Crippen molar-refractivity contribution in [2.24, 2.45) is 0 Å². The summed E-state index contributed by atoms with van der Waals surface area (Å²) >= 11 is 15.5. The number of imide groups is 1. The highest BCUT2D eigenvalue weighted by Crippen LogP contribution is 2.41. The Morgan fingerprint density at radius 2 is 1.68 bits per heavy atom. The normalized spacial score (nSPS) is 20.7. The van der Waals surface area contributed by atoms with Crippen LogP contribution >= 0.6 is 39.1 Å². The molecule has 0 aromatic heterocycles. The molecule has 0 bridgehead atoms. The number of amides is 3. The van der Waals surface area contributed by atoms with Gasteiger partial charge in [0.15, 0.2) is 0 Å². The summed E-state index contributed by atoms with van der Waals surface area (Å²) in [5.41, 5.74) is 1.47. The van der Waals surface area contributed by atoms with Gasteiger partial charge in [-0.05, 0) is 49.2 Å². The molecule has 2 aliphatic rings. The molecule has 2 unspecified atom stereocenters. The van der Waals surface area contributed by atoms with Crippen LogP contribution in [0.25, 0.3) is 0 Å². The molecule has 2 aromatic rings. The smallest absolute Gasteiger partial charge is 0.311 e. The average molecular weight is 482 g/mol. The van der Waals surface area contributed by atoms with Crippen molar-refractivity contribution in [1.82, 2.24) is 4.90 Å². The van der Waals surface area contributed by atoms with Gasteiger partial charge in [-0.25, -0.2) is 9.69 Å². The number of carbonyl (C=O) groups excluding carboxylic acids is 2. The van der Waals surface area contributed by atoms with Crippen LogP contribution in [0, 0.1) is 0 Å². The van der Waals surface area contributed by atoms with Crippen molar-refractivity contribution in [3.8, 4) is 0 Å². The van der Waals surface area contributed by atoms with Crippen molar-refractivity contribution in [1.29, 1.82) is 0 Å². The predicted octanol–water partition coefficient (Wildman–Crippen LogP) is 6.27. The van der Waals surface area contributed by atoms with Crippen LogP contribution in [-0.2, 0) is 4.79 Å². The lowest BCUT2D eigenvalue weighted by Crippen LogP contribution is -2.33. The Balaban J connectivity index is 0.000000706. The summed E-state index contributed by atoms with van der Waals surface area (Å²) in [4.78, 5) is 28.7. The summed E-state index contributed by atoms with van der Waals surface area (Å²) in [6, 6.07) is 11.8. The molecule has 2 saturated heterocycles. The van der Waals surface area contributed by atoms with Crippen LogP contribution in [0.5, 0.6) is 0 Å². The molecule has 2 heterocycles. The van der Waals surface area contributed by atoms with Gasteiger partial charge in [-0.3, -0.25) is 4.79 Å². The Morgan fingerprint density at radius 1 is 1.11 bits per heavy atom. The molecule has 4 rings (SSSR count). The number of fused-ring (bicyclic) bond motifs is 1. The van der Waals surface area contributed by atoms with E-state index in [9.17, 15) is 9.59 Å². The van der Waals surface area contributed by atoms with Gasteiger partial charge in [-0.2, -0.15) is 0 Å². The van der Waals surface area contributed by atoms with E-state index in [1.807, 2.05) is 31.2 Å². The molecule has 28 heavy (non-hydrogen) atoms. The number of nitrogens with zero attached hydrogens (tertiary/aromatic N) is 2. The number of anilines is 1. The van der Waals surface area contributed by atoms with E-state index >= 15 is 0 Å². The molecule has 2 aliphatic heterocycles. The lowest BCUT2D eigenvalue weighted by Gasteiger charge is -2.18. The van der Waals surface area contributed by atoms with Crippen LogP contribution in [0.15, 0.2) is 59.6 Å². The highest BCUT2D eigenvalue weighted by molar-refractivity contribution is 9.10. The highest BCUT2D eigenvalue weighted by atomic mass is 79.9. The quantitative estimate of drug-likeness (QED) is 0.374. The molecule has 0 aliphatic carbocycles. The van der Waals surface area contributed by atoms with Crippen LogP contribution < -0.4 is 4.90 Å². The molecule has 2 fully saturated rings. The van der Waals surface area contributed by atoms with Crippen molar-refractivity contribution in [2.75, 3.05) is 11.4 Å². The van der Waals surface area contributed by atoms with Gasteiger partial charge >= 0.3 is 6.03 Å². The number of halogens is 3. The van der Waals surface area contributed by atoms with Gasteiger partial charge in [0.25, 0.3) is 5.91 Å². The molecule has 0 N–H and O–H groups in total. The molecule has 146 valence electrons. The minimum atomic E-state index is -0.480. The van der Waals surface area contributed by atoms with Crippen LogP contribution in [0.2, 0.25) is 10.0 Å². The van der Waals surface area contributed by atoms with E-state index in [1.165, 1.54) is 4.90 Å². The van der Waals surface area contributed by atoms with E-state index < -0.39 is 6.04 Å². The maximum atomic E-state index is 13.0. The second-order valence-corrected chi connectivity index (χ2v) is 8.37. The van der Waals surface area contributed by atoms with Crippen molar-refractivity contribution >= 4 is 56.8 Å². The second-order valence-electron chi connectivity index (χ2n) is 6.58. The largest absolute Gasteiger partial charge is 0.332 e. The first-order valence-corrected chi connectivity index (χ1v) is 10.4. The lowest BCUT2D eigenvalue weighted by atomic mass is 9.91. The zero-order valence-corrected chi connectivity index (χ0v) is 18.3. The molecule has 3 amide bonds. The molecular formula is C21H19BrCl2N2O2. The van der Waals surface area contributed by atoms with E-state index in [0.717, 1.165) is 16.5 Å². The van der Waals surface area contributed by atoms with Gasteiger partial charge in [-0.1, -0.05) is 57.3 Å². The number of rotatable bonds is 2. The molecule has 4 nitrogen and oxygen atoms in total. The summed E-state index contributed by atoms with van der Waals surface area (Å²) < 4.78 is 0.982. The highest BCUT2D eigenvalue weighted by Gasteiger charge is 2.53. The van der Waals surface area contributed by atoms with Crippen LogP contribution in [0.1, 0.15) is 24.8 Å². The summed E-state index contributed by atoms with van der Waals surface area (Å²) in [5.74, 6) is -0.238. The number of hydrogen-bond donors (Lipinski definition) is 0. The maximum Gasteiger partial charge on any atom is 0.332 e. The van der Waals surface area contributed by atoms with Gasteiger partial charge in [0, 0.05) is 27.0 Å². The summed E-state index contributed by atoms with van der Waals surface area (Å²) in [5, 5.41) is 0.777. The van der Waals surface area contributed by atoms with Gasteiger partial charge < -0.3 is 4.90 Å². The van der Waals surface area contributed by atoms with Crippen molar-refractivity contribution in [2.45, 2.75) is 25.3 Å². The van der Waals surface area contributed by atoms with Crippen molar-refractivity contribution in [3.05, 3.63) is 75.2 Å². The van der Waals surface area contributed by atoms with Crippen LogP contribution in [0.3, 0.4) is 0 Å². The standard InChI is InChI=1S/C18H13BrCl2N2O2.C3H6/c19-11-3-1-10(2-4-11)15-5-6-22-16(15)17(24)23(18(22)25)14-8-12(20)7-13(21)9-14;1-3-2/h1-4,7-9,15-16H,5-6H2;3H,1H2,2H3.